The fourth-order valence-electron chi connectivity index (χ4n) is 14.6. The van der Waals surface area contributed by atoms with Gasteiger partial charge in [0.2, 0.25) is 0 Å². The lowest BCUT2D eigenvalue weighted by atomic mass is 9.35. The van der Waals surface area contributed by atoms with Gasteiger partial charge in [-0.2, -0.15) is 0 Å². The topological polar surface area (TPSA) is 278 Å². The molecule has 7 fully saturated rings. The van der Waals surface area contributed by atoms with Crippen LogP contribution in [0.25, 0.3) is 0 Å². The van der Waals surface area contributed by atoms with Crippen LogP contribution in [0.2, 0.25) is 0 Å². The van der Waals surface area contributed by atoms with E-state index < -0.39 is 122 Å². The Bertz CT molecular complexity index is 1630. The molecule has 4 saturated carbocycles. The van der Waals surface area contributed by atoms with Gasteiger partial charge >= 0.3 is 0 Å². The van der Waals surface area contributed by atoms with E-state index in [9.17, 15) is 56.2 Å². The largest absolute Gasteiger partial charge is 0.394 e. The number of allylic oxidation sites excluding steroid dienone is 2. The Hall–Kier alpha value is -0.940. The molecule has 0 radical (unpaired) electrons. The standard InChI is InChI=1S/C47H80O17/c1-22(2)10-9-14-47(8,64-41-38(58)35(55)33(53)26(19-48)60-41)23-11-16-46(7)31(23)24(50)18-29-44(5)15-13-30(43(3,4)28(44)12-17-45(29,46)6)62-42-39(36(56)34(54)27(20-49)61-42)63-40-37(57)32(52)25(51)21-59-40/h10,23-42,48-58H,9,11-21H2,1-8H3/t23-,24+,25+,26+,27+,28-,29+,30-,31-,32-,33+,34+,35-,36-,37+,38+,39+,40-,41-,42-,44-,45+,46+,47-/m0/s1. The zero-order valence-electron chi connectivity index (χ0n) is 39.0. The summed E-state index contributed by atoms with van der Waals surface area (Å²) >= 11 is 0. The summed E-state index contributed by atoms with van der Waals surface area (Å²) in [6.45, 7) is 16.0. The second-order valence-corrected chi connectivity index (χ2v) is 22.4. The van der Waals surface area contributed by atoms with Crippen LogP contribution in [-0.4, -0.2) is 180 Å². The molecule has 0 spiro atoms. The van der Waals surface area contributed by atoms with Crippen molar-refractivity contribution in [3.05, 3.63) is 11.6 Å². The first-order chi connectivity index (χ1) is 29.9. The molecule has 3 saturated heterocycles. The number of hydrogen-bond donors (Lipinski definition) is 11. The van der Waals surface area contributed by atoms with Crippen LogP contribution in [0, 0.1) is 45.3 Å². The van der Waals surface area contributed by atoms with E-state index in [2.05, 4.69) is 40.7 Å². The Labute approximate surface area is 377 Å². The predicted molar refractivity (Wildman–Crippen MR) is 228 cm³/mol. The summed E-state index contributed by atoms with van der Waals surface area (Å²) in [5.74, 6) is -0.0647. The van der Waals surface area contributed by atoms with Gasteiger partial charge in [0.25, 0.3) is 0 Å². The summed E-state index contributed by atoms with van der Waals surface area (Å²) in [5, 5.41) is 118. The quantitative estimate of drug-likeness (QED) is 0.0946. The van der Waals surface area contributed by atoms with Crippen molar-refractivity contribution in [2.75, 3.05) is 19.8 Å². The minimum Gasteiger partial charge on any atom is -0.394 e. The lowest BCUT2D eigenvalue weighted by molar-refractivity contribution is -0.371. The van der Waals surface area contributed by atoms with E-state index in [1.807, 2.05) is 20.8 Å². The Morgan fingerprint density at radius 3 is 1.91 bits per heavy atom. The molecule has 370 valence electrons. The van der Waals surface area contributed by atoms with Gasteiger partial charge in [0, 0.05) is 0 Å². The van der Waals surface area contributed by atoms with Crippen LogP contribution in [0.5, 0.6) is 0 Å². The molecule has 3 heterocycles. The third kappa shape index (κ3) is 8.49. The van der Waals surface area contributed by atoms with Crippen LogP contribution in [0.15, 0.2) is 11.6 Å². The van der Waals surface area contributed by atoms with Crippen LogP contribution in [0.1, 0.15) is 113 Å². The van der Waals surface area contributed by atoms with Crippen molar-refractivity contribution < 1.29 is 84.6 Å². The molecule has 24 atom stereocenters. The first kappa shape index (κ1) is 50.9. The molecule has 7 aliphatic rings. The third-order valence-corrected chi connectivity index (χ3v) is 18.4. The molecule has 0 unspecified atom stereocenters. The zero-order valence-corrected chi connectivity index (χ0v) is 39.0. The summed E-state index contributed by atoms with van der Waals surface area (Å²) in [6.07, 6.45) is -12.7. The number of aliphatic hydroxyl groups excluding tert-OH is 11. The Morgan fingerprint density at radius 2 is 1.27 bits per heavy atom. The van der Waals surface area contributed by atoms with Gasteiger partial charge in [0.05, 0.1) is 37.6 Å². The molecule has 17 nitrogen and oxygen atoms in total. The zero-order chi connectivity index (χ0) is 47.1. The van der Waals surface area contributed by atoms with E-state index in [1.165, 1.54) is 0 Å². The SMILES string of the molecule is CC(C)=CCC[C@](C)(O[C@@H]1O[C@H](CO)[C@@H](O)[C@H](O)[C@H]1O)[C@H]1CC[C@]2(C)[C@@H]1[C@H](O)C[C@@H]1[C@@]3(C)CC[C@H](O[C@@H]4O[C@H](CO)[C@@H](O)[C@H](O)[C@H]4O[C@@H]4OC[C@@H](O)[C@H](O)[C@H]4O)C(C)(C)[C@@H]3CC[C@]12C. The molecular weight excluding hydrogens is 837 g/mol. The highest BCUT2D eigenvalue weighted by atomic mass is 16.8. The van der Waals surface area contributed by atoms with Crippen molar-refractivity contribution in [3.63, 3.8) is 0 Å². The predicted octanol–water partition coefficient (Wildman–Crippen LogP) is 0.612. The first-order valence-electron chi connectivity index (χ1n) is 23.8. The summed E-state index contributed by atoms with van der Waals surface area (Å²) < 4.78 is 37.1. The van der Waals surface area contributed by atoms with Gasteiger partial charge in [0.1, 0.15) is 67.1 Å². The van der Waals surface area contributed by atoms with Crippen molar-refractivity contribution in [2.45, 2.75) is 217 Å². The summed E-state index contributed by atoms with van der Waals surface area (Å²) in [4.78, 5) is 0. The fourth-order valence-corrected chi connectivity index (χ4v) is 14.6. The maximum atomic E-state index is 12.6. The molecule has 4 aliphatic carbocycles. The summed E-state index contributed by atoms with van der Waals surface area (Å²) in [5.41, 5.74) is -0.990. The van der Waals surface area contributed by atoms with Gasteiger partial charge in [-0.05, 0) is 124 Å². The number of aliphatic hydroxyl groups is 11. The minimum absolute atomic E-state index is 0.123. The van der Waals surface area contributed by atoms with Gasteiger partial charge < -0.3 is 84.6 Å². The third-order valence-electron chi connectivity index (χ3n) is 18.4. The Kier molecular flexibility index (Phi) is 14.9. The lowest BCUT2D eigenvalue weighted by Crippen LogP contribution is -2.68. The molecule has 0 amide bonds. The molecule has 0 aromatic carbocycles. The van der Waals surface area contributed by atoms with Gasteiger partial charge in [0.15, 0.2) is 18.9 Å². The molecule has 0 bridgehead atoms. The second-order valence-electron chi connectivity index (χ2n) is 22.4. The highest BCUT2D eigenvalue weighted by Gasteiger charge is 2.72. The maximum Gasteiger partial charge on any atom is 0.187 e. The van der Waals surface area contributed by atoms with E-state index in [4.69, 9.17) is 28.4 Å². The number of fused-ring (bicyclic) bond motifs is 5. The highest BCUT2D eigenvalue weighted by molar-refractivity contribution is 5.20. The Morgan fingerprint density at radius 1 is 0.656 bits per heavy atom. The number of hydrogen-bond acceptors (Lipinski definition) is 17. The summed E-state index contributed by atoms with van der Waals surface area (Å²) in [6, 6.07) is 0. The van der Waals surface area contributed by atoms with E-state index in [1.54, 1.807) is 0 Å². The molecule has 64 heavy (non-hydrogen) atoms. The average molecular weight is 917 g/mol. The van der Waals surface area contributed by atoms with E-state index >= 15 is 0 Å². The van der Waals surface area contributed by atoms with Crippen molar-refractivity contribution >= 4 is 0 Å². The monoisotopic (exact) mass is 917 g/mol. The van der Waals surface area contributed by atoms with Gasteiger partial charge in [-0.1, -0.05) is 46.3 Å². The number of rotatable bonds is 12. The van der Waals surface area contributed by atoms with Crippen molar-refractivity contribution in [1.82, 2.24) is 0 Å². The van der Waals surface area contributed by atoms with Crippen LogP contribution < -0.4 is 0 Å². The van der Waals surface area contributed by atoms with Gasteiger partial charge in [-0.15, -0.1) is 0 Å². The molecule has 0 aromatic heterocycles. The van der Waals surface area contributed by atoms with Crippen molar-refractivity contribution in [1.29, 1.82) is 0 Å². The van der Waals surface area contributed by atoms with Gasteiger partial charge in [-0.25, -0.2) is 0 Å². The van der Waals surface area contributed by atoms with E-state index in [0.29, 0.717) is 25.7 Å². The van der Waals surface area contributed by atoms with E-state index in [-0.39, 0.29) is 46.5 Å². The smallest absolute Gasteiger partial charge is 0.187 e. The maximum absolute atomic E-state index is 12.6. The molecule has 17 heteroatoms. The fraction of sp³-hybridized carbons (Fsp3) is 0.957. The van der Waals surface area contributed by atoms with E-state index in [0.717, 1.165) is 37.7 Å². The number of ether oxygens (including phenoxy) is 6. The molecule has 0 aromatic rings. The highest BCUT2D eigenvalue weighted by Crippen LogP contribution is 2.76. The first-order valence-corrected chi connectivity index (χ1v) is 23.8. The lowest BCUT2D eigenvalue weighted by Gasteiger charge is -2.71. The molecule has 11 N–H and O–H groups in total. The van der Waals surface area contributed by atoms with Crippen LogP contribution in [0.3, 0.4) is 0 Å². The molecule has 3 aliphatic heterocycles. The Balaban J connectivity index is 1.13. The summed E-state index contributed by atoms with van der Waals surface area (Å²) in [7, 11) is 0. The molecular formula is C47H80O17. The normalized spacial score (nSPS) is 52.5. The minimum atomic E-state index is -1.67. The van der Waals surface area contributed by atoms with Crippen molar-refractivity contribution in [2.24, 2.45) is 45.3 Å². The van der Waals surface area contributed by atoms with Gasteiger partial charge in [-0.3, -0.25) is 0 Å². The van der Waals surface area contributed by atoms with Crippen LogP contribution in [0.4, 0.5) is 0 Å². The van der Waals surface area contributed by atoms with Crippen LogP contribution >= 0.6 is 0 Å². The molecule has 7 rings (SSSR count). The van der Waals surface area contributed by atoms with Crippen molar-refractivity contribution in [3.8, 4) is 0 Å². The second kappa shape index (κ2) is 18.8. The average Bonchev–Trinajstić information content (AvgIpc) is 3.62. The van der Waals surface area contributed by atoms with Crippen LogP contribution in [-0.2, 0) is 28.4 Å².